The zero-order chi connectivity index (χ0) is 23.5. The molecule has 4 nitrogen and oxygen atoms in total. The molecule has 2 aliphatic carbocycles. The molecule has 1 heterocycles. The van der Waals surface area contributed by atoms with Crippen LogP contribution in [0.3, 0.4) is 0 Å². The van der Waals surface area contributed by atoms with Gasteiger partial charge in [0.1, 0.15) is 0 Å². The summed E-state index contributed by atoms with van der Waals surface area (Å²) in [6, 6.07) is 24.6. The van der Waals surface area contributed by atoms with E-state index in [4.69, 9.17) is 0 Å². The van der Waals surface area contributed by atoms with Gasteiger partial charge in [-0.1, -0.05) is 66.7 Å². The summed E-state index contributed by atoms with van der Waals surface area (Å²) in [7, 11) is -4.78. The Kier molecular flexibility index (Phi) is 4.92. The lowest BCUT2D eigenvalue weighted by atomic mass is 9.82. The van der Waals surface area contributed by atoms with Crippen molar-refractivity contribution < 1.29 is 17.1 Å². The van der Waals surface area contributed by atoms with E-state index in [-0.39, 0.29) is 22.6 Å². The van der Waals surface area contributed by atoms with Gasteiger partial charge in [-0.2, -0.15) is 8.42 Å². The number of rotatable bonds is 4. The molecule has 0 bridgehead atoms. The van der Waals surface area contributed by atoms with Gasteiger partial charge in [0, 0.05) is 19.0 Å². The van der Waals surface area contributed by atoms with E-state index in [1.807, 2.05) is 23.1 Å². The topological polar surface area (TPSA) is 54.5 Å². The molecular formula is C28H26FNO3S. The van der Waals surface area contributed by atoms with Crippen molar-refractivity contribution in [1.29, 1.82) is 0 Å². The zero-order valence-corrected chi connectivity index (χ0v) is 19.5. The quantitative estimate of drug-likeness (QED) is 0.502. The predicted molar refractivity (Wildman–Crippen MR) is 128 cm³/mol. The van der Waals surface area contributed by atoms with E-state index in [1.54, 1.807) is 12.1 Å². The van der Waals surface area contributed by atoms with Gasteiger partial charge in [-0.25, -0.2) is 0 Å². The van der Waals surface area contributed by atoms with Gasteiger partial charge in [-0.3, -0.25) is 4.79 Å². The van der Waals surface area contributed by atoms with E-state index in [0.717, 1.165) is 24.8 Å². The van der Waals surface area contributed by atoms with Crippen molar-refractivity contribution in [2.75, 3.05) is 13.1 Å². The molecule has 34 heavy (non-hydrogen) atoms. The summed E-state index contributed by atoms with van der Waals surface area (Å²) in [5.41, 5.74) is 3.91. The number of likely N-dealkylation sites (tertiary alicyclic amines) is 1. The Morgan fingerprint density at radius 1 is 0.882 bits per heavy atom. The molecule has 0 radical (unpaired) electrons. The van der Waals surface area contributed by atoms with E-state index in [0.29, 0.717) is 19.0 Å². The number of fused-ring (bicyclic) bond motifs is 3. The minimum Gasteiger partial charge on any atom is -0.342 e. The molecule has 3 aliphatic rings. The molecule has 1 aliphatic heterocycles. The Hall–Kier alpha value is -2.99. The number of nitrogens with zero attached hydrogens (tertiary/aromatic N) is 1. The number of piperidine rings is 1. The maximum absolute atomic E-state index is 14.2. The van der Waals surface area contributed by atoms with Crippen LogP contribution in [0.5, 0.6) is 0 Å². The maximum Gasteiger partial charge on any atom is 0.332 e. The van der Waals surface area contributed by atoms with Crippen LogP contribution in [0.4, 0.5) is 3.89 Å². The molecule has 3 atom stereocenters. The molecule has 6 rings (SSSR count). The van der Waals surface area contributed by atoms with E-state index in [9.17, 15) is 17.1 Å². The second-order valence-electron chi connectivity index (χ2n) is 9.80. The average Bonchev–Trinajstić information content (AvgIpc) is 3.36. The number of carbonyl (C=O) groups excluding carboxylic acids is 1. The first-order chi connectivity index (χ1) is 16.4. The van der Waals surface area contributed by atoms with Gasteiger partial charge in [-0.15, -0.1) is 3.89 Å². The first kappa shape index (κ1) is 21.5. The fourth-order valence-corrected chi connectivity index (χ4v) is 7.03. The van der Waals surface area contributed by atoms with E-state index in [1.165, 1.54) is 28.8 Å². The van der Waals surface area contributed by atoms with Crippen molar-refractivity contribution in [2.24, 2.45) is 5.92 Å². The van der Waals surface area contributed by atoms with Gasteiger partial charge < -0.3 is 4.90 Å². The fourth-order valence-electron chi connectivity index (χ4n) is 6.57. The number of benzene rings is 3. The largest absolute Gasteiger partial charge is 0.342 e. The Bertz CT molecular complexity index is 1350. The molecular weight excluding hydrogens is 449 g/mol. The molecule has 1 saturated carbocycles. The standard InChI is InChI=1S/C28H26FNO3S/c29-34(32,33)23-12-10-22(11-13-23)28(25-18-21-8-4-5-9-24(21)26(25)28)27(31)30-16-14-20(15-17-30)19-6-2-1-3-7-19/h1-13,20,25-26H,14-18H2/t25-,26+,28+/m0/s1. The summed E-state index contributed by atoms with van der Waals surface area (Å²) >= 11 is 0. The first-order valence-corrected chi connectivity index (χ1v) is 13.3. The minimum atomic E-state index is -4.78. The Balaban J connectivity index is 1.32. The lowest BCUT2D eigenvalue weighted by molar-refractivity contribution is -0.135. The van der Waals surface area contributed by atoms with Crippen molar-refractivity contribution in [2.45, 2.75) is 41.4 Å². The number of amides is 1. The van der Waals surface area contributed by atoms with Crippen LogP contribution in [0.2, 0.25) is 0 Å². The Morgan fingerprint density at radius 2 is 1.53 bits per heavy atom. The van der Waals surface area contributed by atoms with Crippen molar-refractivity contribution in [1.82, 2.24) is 4.90 Å². The van der Waals surface area contributed by atoms with Crippen LogP contribution in [0.15, 0.2) is 83.8 Å². The van der Waals surface area contributed by atoms with Gasteiger partial charge in [0.05, 0.1) is 10.3 Å². The predicted octanol–water partition coefficient (Wildman–Crippen LogP) is 4.96. The molecule has 1 amide bonds. The van der Waals surface area contributed by atoms with Gasteiger partial charge in [0.25, 0.3) is 0 Å². The van der Waals surface area contributed by atoms with Crippen LogP contribution in [-0.2, 0) is 26.9 Å². The molecule has 1 saturated heterocycles. The summed E-state index contributed by atoms with van der Waals surface area (Å²) in [5.74, 6) is 0.807. The van der Waals surface area contributed by atoms with Crippen molar-refractivity contribution in [3.05, 3.63) is 101 Å². The third-order valence-electron chi connectivity index (χ3n) is 8.22. The zero-order valence-electron chi connectivity index (χ0n) is 18.7. The molecule has 6 heteroatoms. The number of hydrogen-bond donors (Lipinski definition) is 0. The fraction of sp³-hybridized carbons (Fsp3) is 0.321. The highest BCUT2D eigenvalue weighted by molar-refractivity contribution is 7.86. The number of carbonyl (C=O) groups is 1. The van der Waals surface area contributed by atoms with Gasteiger partial charge in [-0.05, 0) is 65.5 Å². The lowest BCUT2D eigenvalue weighted by Gasteiger charge is -2.36. The summed E-state index contributed by atoms with van der Waals surface area (Å²) in [4.78, 5) is 15.8. The van der Waals surface area contributed by atoms with Crippen molar-refractivity contribution in [3.8, 4) is 0 Å². The van der Waals surface area contributed by atoms with Crippen molar-refractivity contribution >= 4 is 16.1 Å². The molecule has 0 unspecified atom stereocenters. The molecule has 2 fully saturated rings. The minimum absolute atomic E-state index is 0.0795. The van der Waals surface area contributed by atoms with Crippen LogP contribution in [-0.4, -0.2) is 32.3 Å². The molecule has 3 aromatic carbocycles. The summed E-state index contributed by atoms with van der Waals surface area (Å²) in [6.07, 6.45) is 2.68. The number of halogens is 1. The average molecular weight is 476 g/mol. The highest BCUT2D eigenvalue weighted by Gasteiger charge is 2.73. The lowest BCUT2D eigenvalue weighted by Crippen LogP contribution is -2.45. The van der Waals surface area contributed by atoms with Crippen molar-refractivity contribution in [3.63, 3.8) is 0 Å². The monoisotopic (exact) mass is 475 g/mol. The summed E-state index contributed by atoms with van der Waals surface area (Å²) in [6.45, 7) is 1.41. The molecule has 0 N–H and O–H groups in total. The van der Waals surface area contributed by atoms with Crippen LogP contribution in [0, 0.1) is 5.92 Å². The highest BCUT2D eigenvalue weighted by Crippen LogP contribution is 2.71. The summed E-state index contributed by atoms with van der Waals surface area (Å²) < 4.78 is 36.2. The van der Waals surface area contributed by atoms with E-state index < -0.39 is 15.6 Å². The second-order valence-corrected chi connectivity index (χ2v) is 11.1. The molecule has 0 aromatic heterocycles. The van der Waals surface area contributed by atoms with Gasteiger partial charge >= 0.3 is 10.2 Å². The smallest absolute Gasteiger partial charge is 0.332 e. The van der Waals surface area contributed by atoms with Crippen LogP contribution in [0.1, 0.15) is 46.9 Å². The third-order valence-corrected chi connectivity index (χ3v) is 9.05. The van der Waals surface area contributed by atoms with E-state index in [2.05, 4.69) is 36.4 Å². The van der Waals surface area contributed by atoms with Crippen LogP contribution >= 0.6 is 0 Å². The SMILES string of the molecule is O=C(N1CCC(c2ccccc2)CC1)[C@@]1(c2ccc(S(=O)(=O)F)cc2)[C@@H]2c3ccccc3C[C@@H]21. The van der Waals surface area contributed by atoms with Gasteiger partial charge in [0.2, 0.25) is 5.91 Å². The normalized spacial score (nSPS) is 26.1. The second kappa shape index (κ2) is 7.77. The van der Waals surface area contributed by atoms with Crippen LogP contribution in [0.25, 0.3) is 0 Å². The third kappa shape index (κ3) is 3.22. The molecule has 174 valence electrons. The Labute approximate surface area is 199 Å². The highest BCUT2D eigenvalue weighted by atomic mass is 32.3. The number of hydrogen-bond acceptors (Lipinski definition) is 3. The first-order valence-electron chi connectivity index (χ1n) is 11.9. The van der Waals surface area contributed by atoms with Gasteiger partial charge in [0.15, 0.2) is 0 Å². The molecule has 3 aromatic rings. The van der Waals surface area contributed by atoms with E-state index >= 15 is 0 Å². The van der Waals surface area contributed by atoms with Crippen LogP contribution < -0.4 is 0 Å². The maximum atomic E-state index is 14.2. The summed E-state index contributed by atoms with van der Waals surface area (Å²) in [5, 5.41) is 0. The molecule has 0 spiro atoms. The Morgan fingerprint density at radius 3 is 2.21 bits per heavy atom.